The van der Waals surface area contributed by atoms with Gasteiger partial charge in [-0.2, -0.15) is 0 Å². The van der Waals surface area contributed by atoms with E-state index in [4.69, 9.17) is 0 Å². The van der Waals surface area contributed by atoms with E-state index in [1.54, 1.807) is 0 Å². The molecule has 2 saturated carbocycles. The SMILES string of the molecule is CCC(CC)C(CNC1C(C)(C)[C@H]2CC[C@]1(C)C2)N(C)C. The van der Waals surface area contributed by atoms with Crippen LogP contribution in [0.1, 0.15) is 66.7 Å². The van der Waals surface area contributed by atoms with E-state index >= 15 is 0 Å². The van der Waals surface area contributed by atoms with Crippen LogP contribution in [0.25, 0.3) is 0 Å². The maximum Gasteiger partial charge on any atom is 0.0242 e. The van der Waals surface area contributed by atoms with Crippen molar-refractivity contribution in [1.29, 1.82) is 0 Å². The largest absolute Gasteiger partial charge is 0.311 e. The summed E-state index contributed by atoms with van der Waals surface area (Å²) in [6, 6.07) is 1.36. The second kappa shape index (κ2) is 6.20. The highest BCUT2D eigenvalue weighted by atomic mass is 15.1. The van der Waals surface area contributed by atoms with Crippen molar-refractivity contribution >= 4 is 0 Å². The molecule has 4 atom stereocenters. The fraction of sp³-hybridized carbons (Fsp3) is 1.00. The summed E-state index contributed by atoms with van der Waals surface area (Å²) in [5.41, 5.74) is 1.01. The summed E-state index contributed by atoms with van der Waals surface area (Å²) in [6.07, 6.45) is 6.89. The number of hydrogen-bond donors (Lipinski definition) is 1. The predicted molar refractivity (Wildman–Crippen MR) is 92.6 cm³/mol. The molecule has 0 radical (unpaired) electrons. The minimum atomic E-state index is 0.470. The van der Waals surface area contributed by atoms with E-state index in [0.717, 1.165) is 18.4 Å². The van der Waals surface area contributed by atoms with Crippen molar-refractivity contribution in [2.24, 2.45) is 22.7 Å². The molecule has 2 aliphatic rings. The molecule has 124 valence electrons. The number of rotatable bonds is 7. The van der Waals surface area contributed by atoms with Gasteiger partial charge in [-0.05, 0) is 56.0 Å². The summed E-state index contributed by atoms with van der Waals surface area (Å²) in [6.45, 7) is 13.4. The normalized spacial score (nSPS) is 35.9. The van der Waals surface area contributed by atoms with Gasteiger partial charge in [-0.3, -0.25) is 0 Å². The first-order chi connectivity index (χ1) is 9.76. The summed E-state index contributed by atoms with van der Waals surface area (Å²) in [4.78, 5) is 2.44. The molecule has 2 rings (SSSR count). The van der Waals surface area contributed by atoms with Crippen LogP contribution < -0.4 is 5.32 Å². The van der Waals surface area contributed by atoms with Crippen LogP contribution in [0.3, 0.4) is 0 Å². The van der Waals surface area contributed by atoms with Gasteiger partial charge in [0.15, 0.2) is 0 Å². The molecule has 2 bridgehead atoms. The molecular weight excluding hydrogens is 256 g/mol. The minimum absolute atomic E-state index is 0.470. The minimum Gasteiger partial charge on any atom is -0.311 e. The molecule has 1 N–H and O–H groups in total. The summed E-state index contributed by atoms with van der Waals surface area (Å²) in [7, 11) is 4.50. The number of nitrogens with zero attached hydrogens (tertiary/aromatic N) is 1. The van der Waals surface area contributed by atoms with Crippen LogP contribution in [0.2, 0.25) is 0 Å². The fourth-order valence-corrected chi connectivity index (χ4v) is 5.65. The lowest BCUT2D eigenvalue weighted by Gasteiger charge is -2.45. The average molecular weight is 295 g/mol. The molecule has 2 nitrogen and oxygen atoms in total. The van der Waals surface area contributed by atoms with E-state index in [0.29, 0.717) is 22.9 Å². The fourth-order valence-electron chi connectivity index (χ4n) is 5.65. The number of fused-ring (bicyclic) bond motifs is 2. The highest BCUT2D eigenvalue weighted by Gasteiger charge is 2.59. The Balaban J connectivity index is 2.04. The smallest absolute Gasteiger partial charge is 0.0242 e. The molecule has 0 spiro atoms. The second-order valence-corrected chi connectivity index (χ2v) is 8.86. The van der Waals surface area contributed by atoms with Crippen molar-refractivity contribution < 1.29 is 0 Å². The monoisotopic (exact) mass is 294 g/mol. The van der Waals surface area contributed by atoms with Crippen LogP contribution in [-0.2, 0) is 0 Å². The van der Waals surface area contributed by atoms with E-state index in [-0.39, 0.29) is 0 Å². The Hall–Kier alpha value is -0.0800. The lowest BCUT2D eigenvalue weighted by Crippen LogP contribution is -2.54. The van der Waals surface area contributed by atoms with Crippen molar-refractivity contribution in [3.05, 3.63) is 0 Å². The third-order valence-electron chi connectivity index (χ3n) is 7.06. The summed E-state index contributed by atoms with van der Waals surface area (Å²) >= 11 is 0. The zero-order valence-electron chi connectivity index (χ0n) is 15.5. The summed E-state index contributed by atoms with van der Waals surface area (Å²) in [5.74, 6) is 1.74. The Morgan fingerprint density at radius 3 is 2.19 bits per heavy atom. The van der Waals surface area contributed by atoms with Gasteiger partial charge in [0.25, 0.3) is 0 Å². The average Bonchev–Trinajstić information content (AvgIpc) is 2.88. The van der Waals surface area contributed by atoms with E-state index in [2.05, 4.69) is 58.9 Å². The molecule has 0 aromatic rings. The van der Waals surface area contributed by atoms with Gasteiger partial charge in [-0.25, -0.2) is 0 Å². The molecule has 0 aromatic heterocycles. The lowest BCUT2D eigenvalue weighted by atomic mass is 9.68. The first-order valence-electron chi connectivity index (χ1n) is 9.16. The maximum atomic E-state index is 4.03. The maximum absolute atomic E-state index is 4.03. The van der Waals surface area contributed by atoms with Crippen LogP contribution in [-0.4, -0.2) is 37.6 Å². The third-order valence-corrected chi connectivity index (χ3v) is 7.06. The second-order valence-electron chi connectivity index (χ2n) is 8.86. The molecule has 2 heteroatoms. The van der Waals surface area contributed by atoms with Gasteiger partial charge in [0.05, 0.1) is 0 Å². The molecular formula is C19H38N2. The summed E-state index contributed by atoms with van der Waals surface area (Å²) in [5, 5.41) is 4.03. The van der Waals surface area contributed by atoms with Gasteiger partial charge in [-0.1, -0.05) is 47.5 Å². The van der Waals surface area contributed by atoms with Crippen LogP contribution in [0, 0.1) is 22.7 Å². The zero-order valence-corrected chi connectivity index (χ0v) is 15.5. The molecule has 0 amide bonds. The first-order valence-corrected chi connectivity index (χ1v) is 9.16. The molecule has 0 aromatic carbocycles. The van der Waals surface area contributed by atoms with Gasteiger partial charge in [0, 0.05) is 18.6 Å². The number of nitrogens with one attached hydrogen (secondary N) is 1. The predicted octanol–water partition coefficient (Wildman–Crippen LogP) is 4.16. The van der Waals surface area contributed by atoms with Crippen LogP contribution >= 0.6 is 0 Å². The van der Waals surface area contributed by atoms with Gasteiger partial charge in [0.1, 0.15) is 0 Å². The van der Waals surface area contributed by atoms with Gasteiger partial charge >= 0.3 is 0 Å². The highest BCUT2D eigenvalue weighted by molar-refractivity contribution is 5.12. The Morgan fingerprint density at radius 2 is 1.76 bits per heavy atom. The van der Waals surface area contributed by atoms with E-state index in [9.17, 15) is 0 Å². The Labute approximate surface area is 133 Å². The van der Waals surface area contributed by atoms with Crippen LogP contribution in [0.4, 0.5) is 0 Å². The van der Waals surface area contributed by atoms with Crippen LogP contribution in [0.15, 0.2) is 0 Å². The number of likely N-dealkylation sites (N-methyl/N-ethyl adjacent to an activating group) is 1. The van der Waals surface area contributed by atoms with Crippen molar-refractivity contribution in [2.75, 3.05) is 20.6 Å². The molecule has 0 aliphatic heterocycles. The zero-order chi connectivity index (χ0) is 15.8. The molecule has 0 heterocycles. The third kappa shape index (κ3) is 3.03. The molecule has 2 aliphatic carbocycles. The van der Waals surface area contributed by atoms with Crippen LogP contribution in [0.5, 0.6) is 0 Å². The standard InChI is InChI=1S/C19H38N2/c1-8-14(9-2)16(21(6)7)13-20-17-18(3,4)15-10-11-19(17,5)12-15/h14-17,20H,8-13H2,1-7H3/t15-,16?,17?,19+/m0/s1. The topological polar surface area (TPSA) is 15.3 Å². The molecule has 2 fully saturated rings. The van der Waals surface area contributed by atoms with Crippen molar-refractivity contribution in [3.8, 4) is 0 Å². The lowest BCUT2D eigenvalue weighted by molar-refractivity contribution is 0.0933. The van der Waals surface area contributed by atoms with E-state index in [1.165, 1.54) is 32.1 Å². The Morgan fingerprint density at radius 1 is 1.14 bits per heavy atom. The van der Waals surface area contributed by atoms with Gasteiger partial charge < -0.3 is 10.2 Å². The van der Waals surface area contributed by atoms with E-state index < -0.39 is 0 Å². The Kier molecular flexibility index (Phi) is 5.10. The summed E-state index contributed by atoms with van der Waals surface area (Å²) < 4.78 is 0. The Bertz CT molecular complexity index is 341. The number of hydrogen-bond acceptors (Lipinski definition) is 2. The van der Waals surface area contributed by atoms with Gasteiger partial charge in [0.2, 0.25) is 0 Å². The highest BCUT2D eigenvalue weighted by Crippen LogP contribution is 2.62. The van der Waals surface area contributed by atoms with E-state index in [1.807, 2.05) is 0 Å². The van der Waals surface area contributed by atoms with Crippen molar-refractivity contribution in [3.63, 3.8) is 0 Å². The first kappa shape index (κ1) is 17.3. The van der Waals surface area contributed by atoms with Crippen molar-refractivity contribution in [2.45, 2.75) is 78.8 Å². The molecule has 0 saturated heterocycles. The molecule has 21 heavy (non-hydrogen) atoms. The van der Waals surface area contributed by atoms with Gasteiger partial charge in [-0.15, -0.1) is 0 Å². The molecule has 2 unspecified atom stereocenters. The van der Waals surface area contributed by atoms with Crippen molar-refractivity contribution in [1.82, 2.24) is 10.2 Å². The quantitative estimate of drug-likeness (QED) is 0.758.